The largest absolute Gasteiger partial charge is 0.331 e. The molecule has 0 amide bonds. The molecular formula is C16H15N3. The van der Waals surface area contributed by atoms with Gasteiger partial charge in [0.05, 0.1) is 0 Å². The first kappa shape index (κ1) is 11.5. The lowest BCUT2D eigenvalue weighted by atomic mass is 10.0. The molecule has 0 bridgehead atoms. The third-order valence-electron chi connectivity index (χ3n) is 3.00. The molecule has 3 heteroatoms. The minimum absolute atomic E-state index is 0.753. The van der Waals surface area contributed by atoms with Crippen LogP contribution in [0.5, 0.6) is 0 Å². The SMILES string of the molecule is Cc1cccc(-c2ccc(Nc3ncc[nH]3)cc2)c1. The summed E-state index contributed by atoms with van der Waals surface area (Å²) >= 11 is 0. The molecule has 19 heavy (non-hydrogen) atoms. The second kappa shape index (κ2) is 4.98. The van der Waals surface area contributed by atoms with Crippen molar-refractivity contribution in [1.29, 1.82) is 0 Å². The van der Waals surface area contributed by atoms with Crippen LogP contribution in [0, 0.1) is 6.92 Å². The number of rotatable bonds is 3. The normalized spacial score (nSPS) is 10.4. The summed E-state index contributed by atoms with van der Waals surface area (Å²) < 4.78 is 0. The highest BCUT2D eigenvalue weighted by molar-refractivity contribution is 5.67. The fraction of sp³-hybridized carbons (Fsp3) is 0.0625. The highest BCUT2D eigenvalue weighted by Crippen LogP contribution is 2.23. The topological polar surface area (TPSA) is 40.7 Å². The van der Waals surface area contributed by atoms with Gasteiger partial charge in [0.15, 0.2) is 0 Å². The van der Waals surface area contributed by atoms with Gasteiger partial charge in [0, 0.05) is 18.1 Å². The molecule has 0 unspecified atom stereocenters. The van der Waals surface area contributed by atoms with Crippen molar-refractivity contribution in [3.8, 4) is 11.1 Å². The molecule has 0 aliphatic carbocycles. The van der Waals surface area contributed by atoms with E-state index in [0.29, 0.717) is 0 Å². The van der Waals surface area contributed by atoms with E-state index >= 15 is 0 Å². The van der Waals surface area contributed by atoms with Crippen LogP contribution in [-0.4, -0.2) is 9.97 Å². The first-order valence-electron chi connectivity index (χ1n) is 6.25. The lowest BCUT2D eigenvalue weighted by Crippen LogP contribution is -1.91. The third-order valence-corrected chi connectivity index (χ3v) is 3.00. The summed E-state index contributed by atoms with van der Waals surface area (Å²) in [5.41, 5.74) is 4.75. The summed E-state index contributed by atoms with van der Waals surface area (Å²) in [6.07, 6.45) is 3.52. The van der Waals surface area contributed by atoms with E-state index in [-0.39, 0.29) is 0 Å². The number of imidazole rings is 1. The van der Waals surface area contributed by atoms with Crippen LogP contribution in [-0.2, 0) is 0 Å². The number of hydrogen-bond acceptors (Lipinski definition) is 2. The number of aromatic amines is 1. The van der Waals surface area contributed by atoms with Crippen LogP contribution in [0.1, 0.15) is 5.56 Å². The second-order valence-electron chi connectivity index (χ2n) is 4.51. The summed E-state index contributed by atoms with van der Waals surface area (Å²) in [4.78, 5) is 7.15. The number of aromatic nitrogens is 2. The Labute approximate surface area is 112 Å². The summed E-state index contributed by atoms with van der Waals surface area (Å²) in [6.45, 7) is 2.11. The van der Waals surface area contributed by atoms with Crippen LogP contribution in [0.4, 0.5) is 11.6 Å². The van der Waals surface area contributed by atoms with Gasteiger partial charge in [0.25, 0.3) is 0 Å². The second-order valence-corrected chi connectivity index (χ2v) is 4.51. The Morgan fingerprint density at radius 3 is 2.53 bits per heavy atom. The van der Waals surface area contributed by atoms with E-state index < -0.39 is 0 Å². The Bertz CT molecular complexity index is 655. The molecule has 3 aromatic rings. The number of aryl methyl sites for hydroxylation is 1. The maximum absolute atomic E-state index is 4.14. The Morgan fingerprint density at radius 1 is 1.00 bits per heavy atom. The van der Waals surface area contributed by atoms with Gasteiger partial charge in [-0.2, -0.15) is 0 Å². The molecule has 0 radical (unpaired) electrons. The number of anilines is 2. The van der Waals surface area contributed by atoms with Crippen molar-refractivity contribution in [2.24, 2.45) is 0 Å². The van der Waals surface area contributed by atoms with Crippen molar-refractivity contribution >= 4 is 11.6 Å². The quantitative estimate of drug-likeness (QED) is 0.732. The van der Waals surface area contributed by atoms with Gasteiger partial charge < -0.3 is 10.3 Å². The van der Waals surface area contributed by atoms with Gasteiger partial charge in [0.1, 0.15) is 0 Å². The number of benzene rings is 2. The number of nitrogens with one attached hydrogen (secondary N) is 2. The Hall–Kier alpha value is -2.55. The van der Waals surface area contributed by atoms with E-state index in [0.717, 1.165) is 11.6 Å². The van der Waals surface area contributed by atoms with Crippen LogP contribution in [0.2, 0.25) is 0 Å². The summed E-state index contributed by atoms with van der Waals surface area (Å²) in [5.74, 6) is 0.753. The third kappa shape index (κ3) is 2.65. The lowest BCUT2D eigenvalue weighted by molar-refractivity contribution is 1.29. The van der Waals surface area contributed by atoms with Crippen molar-refractivity contribution in [3.63, 3.8) is 0 Å². The first-order chi connectivity index (χ1) is 9.31. The molecule has 2 aromatic carbocycles. The molecule has 1 aromatic heterocycles. The average Bonchev–Trinajstić information content (AvgIpc) is 2.92. The van der Waals surface area contributed by atoms with Gasteiger partial charge >= 0.3 is 0 Å². The fourth-order valence-electron chi connectivity index (χ4n) is 2.04. The van der Waals surface area contributed by atoms with Crippen LogP contribution in [0.25, 0.3) is 11.1 Å². The van der Waals surface area contributed by atoms with Crippen molar-refractivity contribution in [2.45, 2.75) is 6.92 Å². The monoisotopic (exact) mass is 249 g/mol. The zero-order valence-electron chi connectivity index (χ0n) is 10.7. The molecule has 0 fully saturated rings. The minimum Gasteiger partial charge on any atom is -0.331 e. The number of H-pyrrole nitrogens is 1. The average molecular weight is 249 g/mol. The van der Waals surface area contributed by atoms with Crippen LogP contribution in [0.15, 0.2) is 60.9 Å². The van der Waals surface area contributed by atoms with Gasteiger partial charge in [-0.15, -0.1) is 0 Å². The van der Waals surface area contributed by atoms with E-state index in [1.165, 1.54) is 16.7 Å². The lowest BCUT2D eigenvalue weighted by Gasteiger charge is -2.06. The van der Waals surface area contributed by atoms with E-state index in [1.54, 1.807) is 12.4 Å². The highest BCUT2D eigenvalue weighted by atomic mass is 15.1. The maximum atomic E-state index is 4.14. The van der Waals surface area contributed by atoms with Gasteiger partial charge in [-0.1, -0.05) is 42.0 Å². The standard InChI is InChI=1S/C16H15N3/c1-12-3-2-4-14(11-12)13-5-7-15(8-6-13)19-16-17-9-10-18-16/h2-11H,1H3,(H2,17,18,19). The molecule has 3 nitrogen and oxygen atoms in total. The van der Waals surface area contributed by atoms with E-state index in [4.69, 9.17) is 0 Å². The van der Waals surface area contributed by atoms with Crippen molar-refractivity contribution in [3.05, 3.63) is 66.5 Å². The predicted molar refractivity (Wildman–Crippen MR) is 78.5 cm³/mol. The molecular weight excluding hydrogens is 234 g/mol. The van der Waals surface area contributed by atoms with Crippen molar-refractivity contribution in [1.82, 2.24) is 9.97 Å². The zero-order valence-corrected chi connectivity index (χ0v) is 10.7. The number of nitrogens with zero attached hydrogens (tertiary/aromatic N) is 1. The van der Waals surface area contributed by atoms with Gasteiger partial charge in [-0.3, -0.25) is 0 Å². The fourth-order valence-corrected chi connectivity index (χ4v) is 2.04. The molecule has 3 rings (SSSR count). The summed E-state index contributed by atoms with van der Waals surface area (Å²) in [7, 11) is 0. The molecule has 0 spiro atoms. The van der Waals surface area contributed by atoms with Gasteiger partial charge in [0.2, 0.25) is 5.95 Å². The molecule has 0 saturated heterocycles. The molecule has 2 N–H and O–H groups in total. The van der Waals surface area contributed by atoms with Crippen molar-refractivity contribution in [2.75, 3.05) is 5.32 Å². The zero-order chi connectivity index (χ0) is 13.1. The summed E-state index contributed by atoms with van der Waals surface area (Å²) in [6, 6.07) is 16.8. The molecule has 0 aliphatic heterocycles. The van der Waals surface area contributed by atoms with Crippen molar-refractivity contribution < 1.29 is 0 Å². The predicted octanol–water partition coefficient (Wildman–Crippen LogP) is 4.13. The van der Waals surface area contributed by atoms with Gasteiger partial charge in [-0.25, -0.2) is 4.98 Å². The first-order valence-corrected chi connectivity index (χ1v) is 6.25. The smallest absolute Gasteiger partial charge is 0.204 e. The Balaban J connectivity index is 1.82. The van der Waals surface area contributed by atoms with Crippen LogP contribution >= 0.6 is 0 Å². The minimum atomic E-state index is 0.753. The molecule has 0 saturated carbocycles. The van der Waals surface area contributed by atoms with E-state index in [2.05, 4.69) is 70.7 Å². The molecule has 0 aliphatic rings. The van der Waals surface area contributed by atoms with E-state index in [1.807, 2.05) is 0 Å². The Kier molecular flexibility index (Phi) is 3.02. The number of hydrogen-bond donors (Lipinski definition) is 2. The highest BCUT2D eigenvalue weighted by Gasteiger charge is 1.99. The molecule has 1 heterocycles. The Morgan fingerprint density at radius 2 is 1.84 bits per heavy atom. The van der Waals surface area contributed by atoms with Crippen LogP contribution in [0.3, 0.4) is 0 Å². The van der Waals surface area contributed by atoms with E-state index in [9.17, 15) is 0 Å². The molecule has 0 atom stereocenters. The maximum Gasteiger partial charge on any atom is 0.204 e. The van der Waals surface area contributed by atoms with Crippen LogP contribution < -0.4 is 5.32 Å². The summed E-state index contributed by atoms with van der Waals surface area (Å²) in [5, 5.41) is 3.21. The molecule has 94 valence electrons. The van der Waals surface area contributed by atoms with Gasteiger partial charge in [-0.05, 0) is 30.2 Å².